The maximum absolute atomic E-state index is 12.4. The van der Waals surface area contributed by atoms with Gasteiger partial charge in [0.2, 0.25) is 0 Å². The number of nitrogens with one attached hydrogen (secondary N) is 1. The molecule has 2 saturated carbocycles. The highest BCUT2D eigenvalue weighted by molar-refractivity contribution is 5.94. The summed E-state index contributed by atoms with van der Waals surface area (Å²) in [5, 5.41) is 3.09. The molecule has 2 atom stereocenters. The predicted molar refractivity (Wildman–Crippen MR) is 88.5 cm³/mol. The van der Waals surface area contributed by atoms with Crippen LogP contribution >= 0.6 is 0 Å². The Bertz CT molecular complexity index is 605. The van der Waals surface area contributed by atoms with E-state index in [4.69, 9.17) is 4.74 Å². The first-order chi connectivity index (χ1) is 11.1. The average Bonchev–Trinajstić information content (AvgIpc) is 3.05. The molecule has 0 aliphatic heterocycles. The molecule has 1 N–H and O–H groups in total. The number of carbonyl (C=O) groups excluding carboxylic acids is 1. The summed E-state index contributed by atoms with van der Waals surface area (Å²) < 4.78 is 7.73. The zero-order valence-electron chi connectivity index (χ0n) is 13.8. The number of nitrogens with zero attached hydrogens (tertiary/aromatic N) is 1. The lowest BCUT2D eigenvalue weighted by Crippen LogP contribution is -2.47. The first-order valence-electron chi connectivity index (χ1n) is 8.76. The predicted octanol–water partition coefficient (Wildman–Crippen LogP) is 2.39. The van der Waals surface area contributed by atoms with Gasteiger partial charge in [-0.3, -0.25) is 9.59 Å². The normalized spacial score (nSPS) is 25.4. The van der Waals surface area contributed by atoms with Crippen LogP contribution in [0.3, 0.4) is 0 Å². The molecule has 23 heavy (non-hydrogen) atoms. The van der Waals surface area contributed by atoms with Crippen LogP contribution in [0.4, 0.5) is 0 Å². The smallest absolute Gasteiger partial charge is 0.251 e. The Hall–Kier alpha value is -1.62. The fourth-order valence-corrected chi connectivity index (χ4v) is 3.64. The van der Waals surface area contributed by atoms with E-state index in [1.807, 2.05) is 0 Å². The first-order valence-corrected chi connectivity index (χ1v) is 8.76. The van der Waals surface area contributed by atoms with Gasteiger partial charge in [-0.15, -0.1) is 0 Å². The van der Waals surface area contributed by atoms with Gasteiger partial charge < -0.3 is 14.6 Å². The number of aryl methyl sites for hydroxylation is 1. The lowest BCUT2D eigenvalue weighted by atomic mass is 9.92. The number of hydrogen-bond donors (Lipinski definition) is 1. The molecule has 1 aromatic rings. The highest BCUT2D eigenvalue weighted by Gasteiger charge is 2.30. The molecule has 2 aliphatic carbocycles. The van der Waals surface area contributed by atoms with E-state index in [9.17, 15) is 9.59 Å². The summed E-state index contributed by atoms with van der Waals surface area (Å²) in [4.78, 5) is 24.1. The molecule has 2 fully saturated rings. The number of pyridine rings is 1. The van der Waals surface area contributed by atoms with Crippen LogP contribution in [0.2, 0.25) is 0 Å². The summed E-state index contributed by atoms with van der Waals surface area (Å²) in [6.07, 6.45) is 11.1. The summed E-state index contributed by atoms with van der Waals surface area (Å²) in [6.45, 7) is 0. The molecule has 1 amide bonds. The van der Waals surface area contributed by atoms with Crippen LogP contribution in [0.15, 0.2) is 23.1 Å². The van der Waals surface area contributed by atoms with Crippen molar-refractivity contribution in [3.05, 3.63) is 34.2 Å². The van der Waals surface area contributed by atoms with Crippen molar-refractivity contribution in [2.45, 2.75) is 69.6 Å². The van der Waals surface area contributed by atoms with Gasteiger partial charge in [0.15, 0.2) is 0 Å². The molecule has 5 nitrogen and oxygen atoms in total. The molecule has 0 spiro atoms. The lowest BCUT2D eigenvalue weighted by Gasteiger charge is -2.34. The third-order valence-electron chi connectivity index (χ3n) is 5.05. The number of amides is 1. The van der Waals surface area contributed by atoms with Crippen molar-refractivity contribution in [3.63, 3.8) is 0 Å². The zero-order valence-corrected chi connectivity index (χ0v) is 13.8. The van der Waals surface area contributed by atoms with Gasteiger partial charge in [0, 0.05) is 24.9 Å². The second-order valence-electron chi connectivity index (χ2n) is 6.81. The van der Waals surface area contributed by atoms with E-state index < -0.39 is 0 Å². The molecule has 5 heteroatoms. The number of aromatic nitrogens is 1. The molecule has 0 unspecified atom stereocenters. The van der Waals surface area contributed by atoms with Crippen LogP contribution in [0, 0.1) is 0 Å². The molecule has 126 valence electrons. The summed E-state index contributed by atoms with van der Waals surface area (Å²) in [6, 6.07) is 3.14. The monoisotopic (exact) mass is 318 g/mol. The second-order valence-corrected chi connectivity index (χ2v) is 6.81. The Morgan fingerprint density at radius 3 is 2.61 bits per heavy atom. The van der Waals surface area contributed by atoms with E-state index in [1.165, 1.54) is 23.5 Å². The third kappa shape index (κ3) is 4.02. The van der Waals surface area contributed by atoms with Crippen LogP contribution < -0.4 is 10.9 Å². The second kappa shape index (κ2) is 7.30. The first kappa shape index (κ1) is 16.2. The van der Waals surface area contributed by atoms with Crippen LogP contribution in [0.1, 0.15) is 61.7 Å². The van der Waals surface area contributed by atoms with Gasteiger partial charge in [0.05, 0.1) is 18.2 Å². The van der Waals surface area contributed by atoms with Crippen molar-refractivity contribution in [1.29, 1.82) is 0 Å². The Morgan fingerprint density at radius 2 is 1.87 bits per heavy atom. The van der Waals surface area contributed by atoms with Gasteiger partial charge in [-0.1, -0.05) is 25.7 Å². The SMILES string of the molecule is Cn1ccc(C(=O)N[C@@H]2CCCC[C@H]2OC2CCCC2)cc1=O. The maximum atomic E-state index is 12.4. The standard InChI is InChI=1S/C18H26N2O3/c1-20-11-10-13(12-17(20)21)18(22)19-15-8-4-5-9-16(15)23-14-6-2-3-7-14/h10-12,14-16H,2-9H2,1H3,(H,19,22)/t15-,16-/m1/s1. The van der Waals surface area contributed by atoms with Gasteiger partial charge >= 0.3 is 0 Å². The van der Waals surface area contributed by atoms with E-state index >= 15 is 0 Å². The van der Waals surface area contributed by atoms with Crippen LogP contribution in [-0.4, -0.2) is 28.7 Å². The molecule has 0 saturated heterocycles. The number of hydrogen-bond acceptors (Lipinski definition) is 3. The molecule has 0 bridgehead atoms. The molecule has 0 aromatic carbocycles. The van der Waals surface area contributed by atoms with Gasteiger partial charge in [0.25, 0.3) is 11.5 Å². The fraction of sp³-hybridized carbons (Fsp3) is 0.667. The minimum atomic E-state index is -0.172. The van der Waals surface area contributed by atoms with Gasteiger partial charge in [0.1, 0.15) is 0 Å². The Balaban J connectivity index is 1.64. The fourth-order valence-electron chi connectivity index (χ4n) is 3.64. The molecule has 1 aromatic heterocycles. The van der Waals surface area contributed by atoms with E-state index in [2.05, 4.69) is 5.32 Å². The highest BCUT2D eigenvalue weighted by atomic mass is 16.5. The minimum absolute atomic E-state index is 0.0564. The molecule has 1 heterocycles. The van der Waals surface area contributed by atoms with Gasteiger partial charge in [-0.25, -0.2) is 0 Å². The van der Waals surface area contributed by atoms with Crippen molar-refractivity contribution in [2.24, 2.45) is 7.05 Å². The molecule has 3 rings (SSSR count). The van der Waals surface area contributed by atoms with Crippen LogP contribution in [0.25, 0.3) is 0 Å². The number of ether oxygens (including phenoxy) is 1. The van der Waals surface area contributed by atoms with Gasteiger partial charge in [-0.2, -0.15) is 0 Å². The van der Waals surface area contributed by atoms with E-state index in [1.54, 1.807) is 19.3 Å². The van der Waals surface area contributed by atoms with E-state index in [0.717, 1.165) is 38.5 Å². The largest absolute Gasteiger partial charge is 0.373 e. The van der Waals surface area contributed by atoms with Crippen LogP contribution in [0.5, 0.6) is 0 Å². The van der Waals surface area contributed by atoms with Crippen molar-refractivity contribution < 1.29 is 9.53 Å². The molecular weight excluding hydrogens is 292 g/mol. The average molecular weight is 318 g/mol. The van der Waals surface area contributed by atoms with Crippen molar-refractivity contribution in [1.82, 2.24) is 9.88 Å². The molecule has 0 radical (unpaired) electrons. The Labute approximate surface area is 137 Å². The minimum Gasteiger partial charge on any atom is -0.373 e. The summed E-state index contributed by atoms with van der Waals surface area (Å²) in [7, 11) is 1.68. The number of rotatable bonds is 4. The third-order valence-corrected chi connectivity index (χ3v) is 5.05. The van der Waals surface area contributed by atoms with Crippen molar-refractivity contribution in [3.8, 4) is 0 Å². The molecule has 2 aliphatic rings. The van der Waals surface area contributed by atoms with E-state index in [-0.39, 0.29) is 23.6 Å². The lowest BCUT2D eigenvalue weighted by molar-refractivity contribution is -0.0419. The summed E-state index contributed by atoms with van der Waals surface area (Å²) >= 11 is 0. The molecular formula is C18H26N2O3. The Kier molecular flexibility index (Phi) is 5.16. The maximum Gasteiger partial charge on any atom is 0.251 e. The van der Waals surface area contributed by atoms with Crippen molar-refractivity contribution >= 4 is 5.91 Å². The zero-order chi connectivity index (χ0) is 16.2. The van der Waals surface area contributed by atoms with E-state index in [0.29, 0.717) is 11.7 Å². The Morgan fingerprint density at radius 1 is 1.17 bits per heavy atom. The summed E-state index contributed by atoms with van der Waals surface area (Å²) in [5.74, 6) is -0.172. The number of carbonyl (C=O) groups is 1. The van der Waals surface area contributed by atoms with Gasteiger partial charge in [-0.05, 0) is 31.7 Å². The highest BCUT2D eigenvalue weighted by Crippen LogP contribution is 2.28. The summed E-state index contributed by atoms with van der Waals surface area (Å²) in [5.41, 5.74) is 0.262. The quantitative estimate of drug-likeness (QED) is 0.927. The van der Waals surface area contributed by atoms with Crippen LogP contribution in [-0.2, 0) is 11.8 Å². The van der Waals surface area contributed by atoms with Crippen molar-refractivity contribution in [2.75, 3.05) is 0 Å². The topological polar surface area (TPSA) is 60.3 Å².